The predicted octanol–water partition coefficient (Wildman–Crippen LogP) is 3.93. The number of benzene rings is 1. The van der Waals surface area contributed by atoms with Crippen molar-refractivity contribution in [3.63, 3.8) is 0 Å². The quantitative estimate of drug-likeness (QED) is 0.771. The predicted molar refractivity (Wildman–Crippen MR) is 78.3 cm³/mol. The van der Waals surface area contributed by atoms with Crippen LogP contribution in [0.5, 0.6) is 5.75 Å². The smallest absolute Gasteiger partial charge is 0.119 e. The second-order valence-electron chi connectivity index (χ2n) is 6.06. The van der Waals surface area contributed by atoms with Gasteiger partial charge in [0, 0.05) is 5.54 Å². The largest absolute Gasteiger partial charge is 0.491 e. The normalized spacial score (nSPS) is 13.4. The fourth-order valence-electron chi connectivity index (χ4n) is 1.76. The maximum atomic E-state index is 5.87. The van der Waals surface area contributed by atoms with Crippen LogP contribution in [0.4, 0.5) is 0 Å². The molecule has 0 saturated carbocycles. The third kappa shape index (κ3) is 6.65. The van der Waals surface area contributed by atoms with Crippen LogP contribution in [0.1, 0.15) is 46.1 Å². The number of hydrogen-bond acceptors (Lipinski definition) is 2. The lowest BCUT2D eigenvalue weighted by Crippen LogP contribution is -2.36. The molecule has 1 rings (SSSR count). The molecule has 1 aromatic carbocycles. The van der Waals surface area contributed by atoms with Gasteiger partial charge in [0.25, 0.3) is 0 Å². The summed E-state index contributed by atoms with van der Waals surface area (Å²) in [5.41, 5.74) is 1.48. The van der Waals surface area contributed by atoms with Gasteiger partial charge in [0.2, 0.25) is 0 Å². The van der Waals surface area contributed by atoms with Gasteiger partial charge in [-0.3, -0.25) is 0 Å². The van der Waals surface area contributed by atoms with Crippen molar-refractivity contribution < 1.29 is 4.74 Å². The minimum absolute atomic E-state index is 0.209. The summed E-state index contributed by atoms with van der Waals surface area (Å²) in [5, 5.41) is 3.49. The molecular weight excluding hydrogens is 222 g/mol. The minimum Gasteiger partial charge on any atom is -0.491 e. The van der Waals surface area contributed by atoms with E-state index in [9.17, 15) is 0 Å². The van der Waals surface area contributed by atoms with Gasteiger partial charge in [-0.15, -0.1) is 0 Å². The molecule has 0 amide bonds. The summed E-state index contributed by atoms with van der Waals surface area (Å²) in [6, 6.07) is 8.25. The molecule has 0 aromatic heterocycles. The van der Waals surface area contributed by atoms with Crippen molar-refractivity contribution in [2.75, 3.05) is 6.54 Å². The summed E-state index contributed by atoms with van der Waals surface area (Å²) in [6.45, 7) is 11.9. The number of hydrogen-bond donors (Lipinski definition) is 1. The van der Waals surface area contributed by atoms with E-state index in [2.05, 4.69) is 52.1 Å². The molecule has 1 N–H and O–H groups in total. The maximum Gasteiger partial charge on any atom is 0.119 e. The van der Waals surface area contributed by atoms with Gasteiger partial charge in [-0.1, -0.05) is 17.7 Å². The van der Waals surface area contributed by atoms with E-state index >= 15 is 0 Å². The van der Waals surface area contributed by atoms with Gasteiger partial charge < -0.3 is 10.1 Å². The molecule has 2 nitrogen and oxygen atoms in total. The van der Waals surface area contributed by atoms with Crippen LogP contribution in [-0.4, -0.2) is 18.2 Å². The monoisotopic (exact) mass is 249 g/mol. The Kier molecular flexibility index (Phi) is 5.67. The van der Waals surface area contributed by atoms with Gasteiger partial charge in [-0.25, -0.2) is 0 Å². The summed E-state index contributed by atoms with van der Waals surface area (Å²) >= 11 is 0. The molecule has 1 atom stereocenters. The van der Waals surface area contributed by atoms with Crippen molar-refractivity contribution >= 4 is 0 Å². The molecule has 1 unspecified atom stereocenters. The molecule has 0 aliphatic heterocycles. The van der Waals surface area contributed by atoms with E-state index in [0.29, 0.717) is 0 Å². The average molecular weight is 249 g/mol. The van der Waals surface area contributed by atoms with E-state index in [4.69, 9.17) is 4.74 Å². The van der Waals surface area contributed by atoms with E-state index in [1.54, 1.807) is 0 Å². The van der Waals surface area contributed by atoms with Crippen molar-refractivity contribution in [2.45, 2.75) is 59.1 Å². The molecule has 0 aliphatic carbocycles. The average Bonchev–Trinajstić information content (AvgIpc) is 2.26. The molecule has 0 saturated heterocycles. The Bertz CT molecular complexity index is 337. The molecule has 18 heavy (non-hydrogen) atoms. The highest BCUT2D eigenvalue weighted by Gasteiger charge is 2.09. The molecule has 102 valence electrons. The highest BCUT2D eigenvalue weighted by Crippen LogP contribution is 2.15. The van der Waals surface area contributed by atoms with Crippen molar-refractivity contribution in [3.05, 3.63) is 29.8 Å². The van der Waals surface area contributed by atoms with Crippen LogP contribution in [0.25, 0.3) is 0 Å². The Morgan fingerprint density at radius 2 is 1.78 bits per heavy atom. The molecule has 0 spiro atoms. The molecule has 1 aromatic rings. The van der Waals surface area contributed by atoms with Gasteiger partial charge in [0.05, 0.1) is 6.10 Å². The number of aryl methyl sites for hydroxylation is 1. The van der Waals surface area contributed by atoms with Gasteiger partial charge in [0.15, 0.2) is 0 Å². The first-order valence-electron chi connectivity index (χ1n) is 6.85. The zero-order valence-electron chi connectivity index (χ0n) is 12.4. The Hall–Kier alpha value is -1.02. The van der Waals surface area contributed by atoms with Crippen molar-refractivity contribution in [1.29, 1.82) is 0 Å². The van der Waals surface area contributed by atoms with Crippen LogP contribution in [0.15, 0.2) is 24.3 Å². The molecule has 0 radical (unpaired) electrons. The Balaban J connectivity index is 2.21. The summed E-state index contributed by atoms with van der Waals surface area (Å²) in [5.74, 6) is 0.969. The van der Waals surface area contributed by atoms with Gasteiger partial charge >= 0.3 is 0 Å². The molecule has 0 aliphatic rings. The van der Waals surface area contributed by atoms with Crippen LogP contribution in [0, 0.1) is 6.92 Å². The van der Waals surface area contributed by atoms with Gasteiger partial charge in [-0.05, 0) is 66.1 Å². The fraction of sp³-hybridized carbons (Fsp3) is 0.625. The Morgan fingerprint density at radius 3 is 2.33 bits per heavy atom. The van der Waals surface area contributed by atoms with E-state index in [1.807, 2.05) is 12.1 Å². The minimum atomic E-state index is 0.209. The summed E-state index contributed by atoms with van der Waals surface area (Å²) in [4.78, 5) is 0. The van der Waals surface area contributed by atoms with Gasteiger partial charge in [-0.2, -0.15) is 0 Å². The first-order valence-corrected chi connectivity index (χ1v) is 6.85. The highest BCUT2D eigenvalue weighted by molar-refractivity contribution is 5.26. The first kappa shape index (κ1) is 15.0. The molecule has 0 fully saturated rings. The number of nitrogens with one attached hydrogen (secondary N) is 1. The third-order valence-electron chi connectivity index (χ3n) is 2.80. The van der Waals surface area contributed by atoms with Crippen molar-refractivity contribution in [2.24, 2.45) is 0 Å². The lowest BCUT2D eigenvalue weighted by atomic mass is 10.1. The topological polar surface area (TPSA) is 21.3 Å². The Morgan fingerprint density at radius 1 is 1.17 bits per heavy atom. The summed E-state index contributed by atoms with van der Waals surface area (Å²) in [6.07, 6.45) is 2.50. The summed E-state index contributed by atoms with van der Waals surface area (Å²) in [7, 11) is 0. The molecule has 0 heterocycles. The third-order valence-corrected chi connectivity index (χ3v) is 2.80. The van der Waals surface area contributed by atoms with Crippen molar-refractivity contribution in [1.82, 2.24) is 5.32 Å². The second kappa shape index (κ2) is 6.79. The second-order valence-corrected chi connectivity index (χ2v) is 6.06. The van der Waals surface area contributed by atoms with Crippen LogP contribution >= 0.6 is 0 Å². The SMILES string of the molecule is Cc1ccc(OC(C)CCCNC(C)(C)C)cc1. The molecule has 0 bridgehead atoms. The molecular formula is C16H27NO. The number of rotatable bonds is 6. The lowest BCUT2D eigenvalue weighted by molar-refractivity contribution is 0.206. The maximum absolute atomic E-state index is 5.87. The zero-order chi connectivity index (χ0) is 13.6. The van der Waals surface area contributed by atoms with Crippen molar-refractivity contribution in [3.8, 4) is 5.75 Å². The van der Waals surface area contributed by atoms with Crippen LogP contribution in [0.3, 0.4) is 0 Å². The fourth-order valence-corrected chi connectivity index (χ4v) is 1.76. The molecule has 2 heteroatoms. The first-order chi connectivity index (χ1) is 8.37. The van der Waals surface area contributed by atoms with Crippen LogP contribution in [0.2, 0.25) is 0 Å². The van der Waals surface area contributed by atoms with Crippen LogP contribution in [-0.2, 0) is 0 Å². The van der Waals surface area contributed by atoms with E-state index in [0.717, 1.165) is 25.1 Å². The summed E-state index contributed by atoms with van der Waals surface area (Å²) < 4.78 is 5.87. The van der Waals surface area contributed by atoms with E-state index in [1.165, 1.54) is 5.56 Å². The van der Waals surface area contributed by atoms with Gasteiger partial charge in [0.1, 0.15) is 5.75 Å². The van der Waals surface area contributed by atoms with E-state index in [-0.39, 0.29) is 11.6 Å². The highest BCUT2D eigenvalue weighted by atomic mass is 16.5. The standard InChI is InChI=1S/C16H27NO/c1-13-8-10-15(11-9-13)18-14(2)7-6-12-17-16(3,4)5/h8-11,14,17H,6-7,12H2,1-5H3. The lowest BCUT2D eigenvalue weighted by Gasteiger charge is -2.21. The Labute approximate surface area is 112 Å². The van der Waals surface area contributed by atoms with Crippen LogP contribution < -0.4 is 10.1 Å². The number of ether oxygens (including phenoxy) is 1. The van der Waals surface area contributed by atoms with E-state index < -0.39 is 0 Å². The zero-order valence-corrected chi connectivity index (χ0v) is 12.4.